The van der Waals surface area contributed by atoms with Crippen molar-refractivity contribution >= 4 is 11.6 Å². The molecule has 1 aromatic heterocycles. The highest BCUT2D eigenvalue weighted by Gasteiger charge is 2.23. The van der Waals surface area contributed by atoms with Crippen molar-refractivity contribution in [3.05, 3.63) is 86.1 Å². The molecule has 0 unspecified atom stereocenters. The first-order valence-electron chi connectivity index (χ1n) is 10.9. The summed E-state index contributed by atoms with van der Waals surface area (Å²) in [5.74, 6) is 0.641. The van der Waals surface area contributed by atoms with Gasteiger partial charge in [-0.3, -0.25) is 23.6 Å². The molecule has 0 fully saturated rings. The van der Waals surface area contributed by atoms with Crippen LogP contribution in [0.15, 0.2) is 58.1 Å². The Morgan fingerprint density at radius 2 is 1.68 bits per heavy atom. The molecule has 9 nitrogen and oxygen atoms in total. The first-order chi connectivity index (χ1) is 16.3. The van der Waals surface area contributed by atoms with Crippen LogP contribution in [0.25, 0.3) is 0 Å². The third kappa shape index (κ3) is 5.20. The second-order valence-corrected chi connectivity index (χ2v) is 7.89. The fraction of sp³-hybridized carbons (Fsp3) is 0.320. The number of Topliss-reactive ketones (excluding diaryl/α,β-unsaturated/α-hetero) is 1. The Kier molecular flexibility index (Phi) is 7.91. The summed E-state index contributed by atoms with van der Waals surface area (Å²) in [6, 6.07) is 14.8. The standard InChI is InChI=1S/C25H30N4O5/c1-5-28(14-18-11-12-20(33-3)21(13-18)34-4)16-19(30)22-23(26)29(25(32)27(2)24(22)31)15-17-9-7-6-8-10-17/h6-13H,5,14-16,26H2,1-4H3. The number of ketones is 1. The van der Waals surface area contributed by atoms with Gasteiger partial charge in [0.2, 0.25) is 0 Å². The number of hydrogen-bond donors (Lipinski definition) is 1. The van der Waals surface area contributed by atoms with Crippen molar-refractivity contribution in [1.29, 1.82) is 0 Å². The maximum atomic E-state index is 13.2. The lowest BCUT2D eigenvalue weighted by atomic mass is 10.1. The van der Waals surface area contributed by atoms with Crippen molar-refractivity contribution in [2.24, 2.45) is 7.05 Å². The van der Waals surface area contributed by atoms with Crippen LogP contribution in [-0.4, -0.2) is 47.1 Å². The first kappa shape index (κ1) is 24.8. The maximum absolute atomic E-state index is 13.2. The molecule has 3 rings (SSSR count). The molecule has 1 heterocycles. The fourth-order valence-electron chi connectivity index (χ4n) is 3.76. The van der Waals surface area contributed by atoms with Crippen LogP contribution in [0.2, 0.25) is 0 Å². The number of carbonyl (C=O) groups excluding carboxylic acids is 1. The van der Waals surface area contributed by atoms with Crippen LogP contribution in [-0.2, 0) is 20.1 Å². The highest BCUT2D eigenvalue weighted by molar-refractivity contribution is 6.01. The molecule has 0 spiro atoms. The Labute approximate surface area is 198 Å². The second kappa shape index (κ2) is 10.8. The summed E-state index contributed by atoms with van der Waals surface area (Å²) in [4.78, 5) is 40.7. The van der Waals surface area contributed by atoms with Crippen molar-refractivity contribution in [1.82, 2.24) is 14.0 Å². The Balaban J connectivity index is 1.89. The van der Waals surface area contributed by atoms with Gasteiger partial charge in [0.05, 0.1) is 27.3 Å². The number of anilines is 1. The summed E-state index contributed by atoms with van der Waals surface area (Å²) >= 11 is 0. The Hall–Kier alpha value is -3.85. The maximum Gasteiger partial charge on any atom is 0.332 e. The average Bonchev–Trinajstić information content (AvgIpc) is 2.85. The van der Waals surface area contributed by atoms with Crippen molar-refractivity contribution in [3.8, 4) is 11.5 Å². The van der Waals surface area contributed by atoms with E-state index in [0.29, 0.717) is 24.6 Å². The normalized spacial score (nSPS) is 11.0. The number of carbonyl (C=O) groups is 1. The van der Waals surface area contributed by atoms with Gasteiger partial charge in [0.1, 0.15) is 11.4 Å². The van der Waals surface area contributed by atoms with Crippen molar-refractivity contribution < 1.29 is 14.3 Å². The average molecular weight is 467 g/mol. The van der Waals surface area contributed by atoms with E-state index in [9.17, 15) is 14.4 Å². The van der Waals surface area contributed by atoms with Crippen molar-refractivity contribution in [2.45, 2.75) is 20.0 Å². The predicted octanol–water partition coefficient (Wildman–Crippen LogP) is 1.90. The molecule has 0 amide bonds. The summed E-state index contributed by atoms with van der Waals surface area (Å²) in [5.41, 5.74) is 6.53. The van der Waals surface area contributed by atoms with E-state index in [2.05, 4.69) is 0 Å². The van der Waals surface area contributed by atoms with Crippen LogP contribution in [0.3, 0.4) is 0 Å². The molecule has 3 aromatic rings. The number of rotatable bonds is 10. The smallest absolute Gasteiger partial charge is 0.332 e. The lowest BCUT2D eigenvalue weighted by molar-refractivity contribution is 0.0927. The lowest BCUT2D eigenvalue weighted by Crippen LogP contribution is -2.44. The minimum atomic E-state index is -0.695. The molecule has 0 saturated carbocycles. The third-order valence-electron chi connectivity index (χ3n) is 5.71. The SMILES string of the molecule is CCN(CC(=O)c1c(N)n(Cc2ccccc2)c(=O)n(C)c1=O)Cc1ccc(OC)c(OC)c1. The minimum absolute atomic E-state index is 0.0339. The summed E-state index contributed by atoms with van der Waals surface area (Å²) in [7, 11) is 4.48. The van der Waals surface area contributed by atoms with Crippen molar-refractivity contribution in [2.75, 3.05) is 33.0 Å². The molecule has 0 aliphatic carbocycles. The van der Waals surface area contributed by atoms with Gasteiger partial charge in [0, 0.05) is 13.6 Å². The Morgan fingerprint density at radius 3 is 2.29 bits per heavy atom. The van der Waals surface area contributed by atoms with Gasteiger partial charge in [-0.05, 0) is 29.8 Å². The zero-order valence-corrected chi connectivity index (χ0v) is 19.9. The largest absolute Gasteiger partial charge is 0.493 e. The molecule has 0 atom stereocenters. The van der Waals surface area contributed by atoms with Crippen LogP contribution < -0.4 is 26.5 Å². The quantitative estimate of drug-likeness (QED) is 0.455. The topological polar surface area (TPSA) is 109 Å². The van der Waals surface area contributed by atoms with Crippen LogP contribution in [0.5, 0.6) is 11.5 Å². The molecule has 0 radical (unpaired) electrons. The highest BCUT2D eigenvalue weighted by atomic mass is 16.5. The number of aromatic nitrogens is 2. The number of ether oxygens (including phenoxy) is 2. The molecular formula is C25H30N4O5. The van der Waals surface area contributed by atoms with E-state index in [4.69, 9.17) is 15.2 Å². The van der Waals surface area contributed by atoms with Gasteiger partial charge in [-0.15, -0.1) is 0 Å². The van der Waals surface area contributed by atoms with Crippen LogP contribution in [0.4, 0.5) is 5.82 Å². The molecule has 2 aromatic carbocycles. The number of likely N-dealkylation sites (N-methyl/N-ethyl adjacent to an activating group) is 1. The van der Waals surface area contributed by atoms with E-state index in [-0.39, 0.29) is 24.5 Å². The Bertz CT molecular complexity index is 1280. The molecule has 180 valence electrons. The molecule has 0 bridgehead atoms. The monoisotopic (exact) mass is 466 g/mol. The van der Waals surface area contributed by atoms with Gasteiger partial charge in [0.25, 0.3) is 5.56 Å². The molecule has 0 aliphatic rings. The Morgan fingerprint density at radius 1 is 1.00 bits per heavy atom. The van der Waals surface area contributed by atoms with Gasteiger partial charge in [-0.1, -0.05) is 43.3 Å². The number of hydrogen-bond acceptors (Lipinski definition) is 7. The minimum Gasteiger partial charge on any atom is -0.493 e. The van der Waals surface area contributed by atoms with E-state index in [0.717, 1.165) is 15.7 Å². The summed E-state index contributed by atoms with van der Waals surface area (Å²) in [6.07, 6.45) is 0. The van der Waals surface area contributed by atoms with Gasteiger partial charge < -0.3 is 15.2 Å². The van der Waals surface area contributed by atoms with Crippen LogP contribution >= 0.6 is 0 Å². The van der Waals surface area contributed by atoms with Crippen LogP contribution in [0, 0.1) is 0 Å². The number of nitrogen functional groups attached to an aromatic ring is 1. The molecule has 34 heavy (non-hydrogen) atoms. The zero-order chi connectivity index (χ0) is 24.8. The molecular weight excluding hydrogens is 436 g/mol. The summed E-state index contributed by atoms with van der Waals surface area (Å²) in [6.45, 7) is 3.05. The molecule has 2 N–H and O–H groups in total. The molecule has 9 heteroatoms. The highest BCUT2D eigenvalue weighted by Crippen LogP contribution is 2.28. The first-order valence-corrected chi connectivity index (χ1v) is 10.9. The van der Waals surface area contributed by atoms with E-state index < -0.39 is 17.0 Å². The second-order valence-electron chi connectivity index (χ2n) is 7.89. The van der Waals surface area contributed by atoms with E-state index in [1.807, 2.05) is 54.3 Å². The number of nitrogens with two attached hydrogens (primary N) is 1. The fourth-order valence-corrected chi connectivity index (χ4v) is 3.76. The van der Waals surface area contributed by atoms with E-state index >= 15 is 0 Å². The lowest BCUT2D eigenvalue weighted by Gasteiger charge is -2.21. The summed E-state index contributed by atoms with van der Waals surface area (Å²) < 4.78 is 12.8. The number of benzene rings is 2. The molecule has 0 saturated heterocycles. The van der Waals surface area contributed by atoms with Crippen molar-refractivity contribution in [3.63, 3.8) is 0 Å². The van der Waals surface area contributed by atoms with E-state index in [1.54, 1.807) is 20.3 Å². The number of nitrogens with zero attached hydrogens (tertiary/aromatic N) is 3. The third-order valence-corrected chi connectivity index (χ3v) is 5.71. The zero-order valence-electron chi connectivity index (χ0n) is 19.9. The van der Waals surface area contributed by atoms with Crippen LogP contribution in [0.1, 0.15) is 28.4 Å². The molecule has 0 aliphatic heterocycles. The predicted molar refractivity (Wildman–Crippen MR) is 131 cm³/mol. The summed E-state index contributed by atoms with van der Waals surface area (Å²) in [5, 5.41) is 0. The van der Waals surface area contributed by atoms with Gasteiger partial charge in [-0.2, -0.15) is 0 Å². The van der Waals surface area contributed by atoms with E-state index in [1.165, 1.54) is 11.6 Å². The van der Waals surface area contributed by atoms with Gasteiger partial charge >= 0.3 is 5.69 Å². The van der Waals surface area contributed by atoms with Gasteiger partial charge in [0.15, 0.2) is 17.3 Å². The number of methoxy groups -OCH3 is 2. The van der Waals surface area contributed by atoms with Gasteiger partial charge in [-0.25, -0.2) is 4.79 Å².